The zero-order chi connectivity index (χ0) is 11.5. The molecule has 3 nitrogen and oxygen atoms in total. The molecule has 84 valence electrons. The number of carbonyl (C=O) groups excluding carboxylic acids is 1. The summed E-state index contributed by atoms with van der Waals surface area (Å²) < 4.78 is 4.79. The van der Waals surface area contributed by atoms with Crippen molar-refractivity contribution in [1.82, 2.24) is 4.90 Å². The Morgan fingerprint density at radius 2 is 2.19 bits per heavy atom. The number of ether oxygens (including phenoxy) is 1. The van der Waals surface area contributed by atoms with Crippen molar-refractivity contribution in [2.45, 2.75) is 12.1 Å². The van der Waals surface area contributed by atoms with Crippen LogP contribution in [0.25, 0.3) is 0 Å². The molecule has 16 heavy (non-hydrogen) atoms. The van der Waals surface area contributed by atoms with Gasteiger partial charge >= 0.3 is 5.97 Å². The van der Waals surface area contributed by atoms with E-state index in [1.807, 2.05) is 30.3 Å². The minimum absolute atomic E-state index is 0.145. The predicted octanol–water partition coefficient (Wildman–Crippen LogP) is 1.77. The lowest BCUT2D eigenvalue weighted by Gasteiger charge is -1.98. The van der Waals surface area contributed by atoms with Crippen molar-refractivity contribution in [3.8, 4) is 0 Å². The Bertz CT molecular complexity index is 388. The number of methoxy groups -OCH3 is 1. The van der Waals surface area contributed by atoms with Crippen molar-refractivity contribution in [3.05, 3.63) is 48.6 Å². The lowest BCUT2D eigenvalue weighted by atomic mass is 10.1. The first kappa shape index (κ1) is 10.9. The van der Waals surface area contributed by atoms with Crippen LogP contribution in [0.1, 0.15) is 11.6 Å². The molecule has 0 radical (unpaired) electrons. The summed E-state index contributed by atoms with van der Waals surface area (Å²) in [6, 6.07) is 9.99. The second-order valence-electron chi connectivity index (χ2n) is 3.81. The topological polar surface area (TPSA) is 29.3 Å². The molecule has 1 aromatic carbocycles. The van der Waals surface area contributed by atoms with Crippen LogP contribution < -0.4 is 0 Å². The highest BCUT2D eigenvalue weighted by molar-refractivity contribution is 5.80. The molecule has 3 atom stereocenters. The summed E-state index contributed by atoms with van der Waals surface area (Å²) in [5.74, 6) is -0.171. The van der Waals surface area contributed by atoms with Crippen LogP contribution in [0.15, 0.2) is 43.0 Å². The van der Waals surface area contributed by atoms with Crippen LogP contribution >= 0.6 is 0 Å². The van der Waals surface area contributed by atoms with Gasteiger partial charge in [-0.2, -0.15) is 0 Å². The number of hydrogen-bond acceptors (Lipinski definition) is 3. The van der Waals surface area contributed by atoms with Gasteiger partial charge in [-0.05, 0) is 5.56 Å². The van der Waals surface area contributed by atoms with Gasteiger partial charge in [0.05, 0.1) is 13.2 Å². The van der Waals surface area contributed by atoms with E-state index in [9.17, 15) is 4.79 Å². The molecule has 0 spiro atoms. The molecule has 1 heterocycles. The van der Waals surface area contributed by atoms with Crippen molar-refractivity contribution in [1.29, 1.82) is 0 Å². The molecule has 1 aliphatic rings. The Kier molecular flexibility index (Phi) is 3.06. The van der Waals surface area contributed by atoms with E-state index in [0.29, 0.717) is 6.54 Å². The van der Waals surface area contributed by atoms with Crippen LogP contribution in [0.5, 0.6) is 0 Å². The average molecular weight is 217 g/mol. The van der Waals surface area contributed by atoms with Gasteiger partial charge in [0.25, 0.3) is 0 Å². The largest absolute Gasteiger partial charge is 0.468 e. The maximum atomic E-state index is 11.5. The van der Waals surface area contributed by atoms with Crippen molar-refractivity contribution >= 4 is 5.97 Å². The summed E-state index contributed by atoms with van der Waals surface area (Å²) in [6.07, 6.45) is 1.80. The molecule has 1 aromatic rings. The van der Waals surface area contributed by atoms with E-state index in [1.54, 1.807) is 6.08 Å². The third kappa shape index (κ3) is 1.86. The van der Waals surface area contributed by atoms with Gasteiger partial charge in [0.1, 0.15) is 6.04 Å². The van der Waals surface area contributed by atoms with Crippen LogP contribution in [-0.2, 0) is 9.53 Å². The van der Waals surface area contributed by atoms with E-state index < -0.39 is 0 Å². The number of hydrogen-bond donors (Lipinski definition) is 0. The maximum absolute atomic E-state index is 11.5. The summed E-state index contributed by atoms with van der Waals surface area (Å²) in [5.41, 5.74) is 1.15. The van der Waals surface area contributed by atoms with Crippen molar-refractivity contribution in [2.75, 3.05) is 13.7 Å². The standard InChI is InChI=1S/C13H15NO2/c1-3-9-14-11(12(14)13(15)16-2)10-7-5-4-6-8-10/h3-8,11-12H,1,9H2,2H3/t11-,12-,14?/m1/s1. The summed E-state index contributed by atoms with van der Waals surface area (Å²) in [5, 5.41) is 0. The van der Waals surface area contributed by atoms with E-state index in [1.165, 1.54) is 7.11 Å². The highest BCUT2D eigenvalue weighted by Crippen LogP contribution is 2.43. The molecule has 1 fully saturated rings. The monoisotopic (exact) mass is 217 g/mol. The fraction of sp³-hybridized carbons (Fsp3) is 0.308. The molecular weight excluding hydrogens is 202 g/mol. The minimum Gasteiger partial charge on any atom is -0.468 e. The molecule has 0 bridgehead atoms. The van der Waals surface area contributed by atoms with E-state index in [4.69, 9.17) is 4.74 Å². The number of carbonyl (C=O) groups is 1. The molecule has 0 aliphatic carbocycles. The van der Waals surface area contributed by atoms with Crippen LogP contribution in [0, 0.1) is 0 Å². The molecule has 3 heteroatoms. The Hall–Kier alpha value is -1.61. The lowest BCUT2D eigenvalue weighted by Crippen LogP contribution is -2.14. The number of esters is 1. The average Bonchev–Trinajstić information content (AvgIpc) is 3.04. The fourth-order valence-electron chi connectivity index (χ4n) is 2.06. The molecular formula is C13H15NO2. The first-order chi connectivity index (χ1) is 7.79. The van der Waals surface area contributed by atoms with Crippen LogP contribution in [0.3, 0.4) is 0 Å². The van der Waals surface area contributed by atoms with Gasteiger partial charge in [-0.3, -0.25) is 9.69 Å². The Balaban J connectivity index is 2.16. The third-order valence-electron chi connectivity index (χ3n) is 2.85. The minimum atomic E-state index is -0.171. The van der Waals surface area contributed by atoms with E-state index in [-0.39, 0.29) is 18.1 Å². The Morgan fingerprint density at radius 3 is 2.75 bits per heavy atom. The predicted molar refractivity (Wildman–Crippen MR) is 61.9 cm³/mol. The van der Waals surface area contributed by atoms with Gasteiger partial charge in [0.2, 0.25) is 0 Å². The second-order valence-corrected chi connectivity index (χ2v) is 3.81. The Labute approximate surface area is 95.3 Å². The van der Waals surface area contributed by atoms with Crippen molar-refractivity contribution in [3.63, 3.8) is 0 Å². The molecule has 0 amide bonds. The summed E-state index contributed by atoms with van der Waals surface area (Å²) in [6.45, 7) is 4.40. The molecule has 0 N–H and O–H groups in total. The number of nitrogens with zero attached hydrogens (tertiary/aromatic N) is 1. The van der Waals surface area contributed by atoms with Gasteiger partial charge < -0.3 is 4.74 Å². The Morgan fingerprint density at radius 1 is 1.50 bits per heavy atom. The molecule has 0 saturated carbocycles. The smallest absolute Gasteiger partial charge is 0.325 e. The van der Waals surface area contributed by atoms with Gasteiger partial charge in [0.15, 0.2) is 0 Å². The number of rotatable bonds is 4. The zero-order valence-corrected chi connectivity index (χ0v) is 9.30. The summed E-state index contributed by atoms with van der Waals surface area (Å²) >= 11 is 0. The second kappa shape index (κ2) is 4.49. The van der Waals surface area contributed by atoms with Gasteiger partial charge in [-0.25, -0.2) is 0 Å². The molecule has 2 rings (SSSR count). The maximum Gasteiger partial charge on any atom is 0.325 e. The zero-order valence-electron chi connectivity index (χ0n) is 9.30. The van der Waals surface area contributed by atoms with E-state index >= 15 is 0 Å². The SMILES string of the molecule is C=CCN1[C@H](c2ccccc2)[C@@H]1C(=O)OC. The first-order valence-electron chi connectivity index (χ1n) is 5.29. The molecule has 1 saturated heterocycles. The molecule has 1 unspecified atom stereocenters. The lowest BCUT2D eigenvalue weighted by molar-refractivity contribution is -0.140. The van der Waals surface area contributed by atoms with Crippen molar-refractivity contribution < 1.29 is 9.53 Å². The van der Waals surface area contributed by atoms with Gasteiger partial charge in [0, 0.05) is 6.54 Å². The molecule has 0 aromatic heterocycles. The van der Waals surface area contributed by atoms with Gasteiger partial charge in [-0.15, -0.1) is 6.58 Å². The first-order valence-corrected chi connectivity index (χ1v) is 5.29. The summed E-state index contributed by atoms with van der Waals surface area (Å²) in [4.78, 5) is 13.6. The number of benzene rings is 1. The highest BCUT2D eigenvalue weighted by atomic mass is 16.5. The normalized spacial score (nSPS) is 27.2. The molecule has 1 aliphatic heterocycles. The quantitative estimate of drug-likeness (QED) is 0.437. The van der Waals surface area contributed by atoms with E-state index in [2.05, 4.69) is 11.5 Å². The highest BCUT2D eigenvalue weighted by Gasteiger charge is 2.53. The summed E-state index contributed by atoms with van der Waals surface area (Å²) in [7, 11) is 1.43. The van der Waals surface area contributed by atoms with E-state index in [0.717, 1.165) is 5.56 Å². The van der Waals surface area contributed by atoms with Gasteiger partial charge in [-0.1, -0.05) is 36.4 Å². The van der Waals surface area contributed by atoms with Crippen molar-refractivity contribution in [2.24, 2.45) is 0 Å². The van der Waals surface area contributed by atoms with Crippen LogP contribution in [0.2, 0.25) is 0 Å². The third-order valence-corrected chi connectivity index (χ3v) is 2.85. The van der Waals surface area contributed by atoms with Crippen LogP contribution in [0.4, 0.5) is 0 Å². The fourth-order valence-corrected chi connectivity index (χ4v) is 2.06. The van der Waals surface area contributed by atoms with Crippen LogP contribution in [-0.4, -0.2) is 30.6 Å².